The summed E-state index contributed by atoms with van der Waals surface area (Å²) < 4.78 is 5.32. The molecule has 0 aliphatic heterocycles. The molecule has 3 nitrogen and oxygen atoms in total. The highest BCUT2D eigenvalue weighted by molar-refractivity contribution is 5.96. The average molecular weight is 230 g/mol. The standard InChI is InChI=1S/C14H18N2O/c1-8-6-11(17-5)7-12-13(8)16-10(3)9(2)14(12)15-4/h6-7H,1-5H3,(H,15,16). The maximum absolute atomic E-state index is 5.32. The summed E-state index contributed by atoms with van der Waals surface area (Å²) in [7, 11) is 3.63. The van der Waals surface area contributed by atoms with Crippen molar-refractivity contribution in [3.05, 3.63) is 29.0 Å². The Labute approximate surface area is 102 Å². The fourth-order valence-electron chi connectivity index (χ4n) is 2.16. The second-order valence-electron chi connectivity index (χ2n) is 4.29. The van der Waals surface area contributed by atoms with Crippen molar-refractivity contribution in [2.75, 3.05) is 19.5 Å². The summed E-state index contributed by atoms with van der Waals surface area (Å²) in [5.74, 6) is 0.872. The van der Waals surface area contributed by atoms with Crippen LogP contribution in [-0.2, 0) is 0 Å². The molecule has 0 spiro atoms. The van der Waals surface area contributed by atoms with Crippen LogP contribution in [0.15, 0.2) is 12.1 Å². The monoisotopic (exact) mass is 230 g/mol. The van der Waals surface area contributed by atoms with Crippen molar-refractivity contribution in [1.82, 2.24) is 4.98 Å². The van der Waals surface area contributed by atoms with Crippen LogP contribution in [0, 0.1) is 20.8 Å². The number of methoxy groups -OCH3 is 1. The van der Waals surface area contributed by atoms with E-state index in [9.17, 15) is 0 Å². The third-order valence-corrected chi connectivity index (χ3v) is 3.23. The molecule has 2 aromatic rings. The van der Waals surface area contributed by atoms with Gasteiger partial charge in [-0.3, -0.25) is 4.98 Å². The zero-order valence-corrected chi connectivity index (χ0v) is 11.0. The minimum atomic E-state index is 0.872. The Morgan fingerprint density at radius 1 is 1.18 bits per heavy atom. The number of benzene rings is 1. The molecule has 0 aliphatic carbocycles. The molecule has 17 heavy (non-hydrogen) atoms. The number of fused-ring (bicyclic) bond motifs is 1. The zero-order chi connectivity index (χ0) is 12.6. The molecule has 0 amide bonds. The van der Waals surface area contributed by atoms with Crippen LogP contribution in [0.2, 0.25) is 0 Å². The summed E-state index contributed by atoms with van der Waals surface area (Å²) in [5, 5.41) is 4.38. The molecule has 0 unspecified atom stereocenters. The highest BCUT2D eigenvalue weighted by Crippen LogP contribution is 2.32. The second kappa shape index (κ2) is 4.24. The van der Waals surface area contributed by atoms with Crippen molar-refractivity contribution in [1.29, 1.82) is 0 Å². The van der Waals surface area contributed by atoms with Gasteiger partial charge in [-0.25, -0.2) is 0 Å². The van der Waals surface area contributed by atoms with Gasteiger partial charge in [0.15, 0.2) is 0 Å². The van der Waals surface area contributed by atoms with E-state index in [4.69, 9.17) is 4.74 Å². The van der Waals surface area contributed by atoms with E-state index in [0.29, 0.717) is 0 Å². The van der Waals surface area contributed by atoms with Gasteiger partial charge in [-0.05, 0) is 44.0 Å². The van der Waals surface area contributed by atoms with E-state index in [2.05, 4.69) is 24.1 Å². The first kappa shape index (κ1) is 11.7. The number of pyridine rings is 1. The van der Waals surface area contributed by atoms with E-state index in [0.717, 1.165) is 33.6 Å². The molecule has 0 saturated carbocycles. The Morgan fingerprint density at radius 2 is 1.88 bits per heavy atom. The van der Waals surface area contributed by atoms with Crippen molar-refractivity contribution in [2.45, 2.75) is 20.8 Å². The maximum atomic E-state index is 5.32. The summed E-state index contributed by atoms with van der Waals surface area (Å²) in [6, 6.07) is 4.05. The predicted molar refractivity (Wildman–Crippen MR) is 72.1 cm³/mol. The molecule has 0 aliphatic rings. The van der Waals surface area contributed by atoms with Gasteiger partial charge in [0.25, 0.3) is 0 Å². The molecule has 2 rings (SSSR count). The first-order chi connectivity index (χ1) is 8.08. The van der Waals surface area contributed by atoms with Crippen molar-refractivity contribution in [2.24, 2.45) is 0 Å². The van der Waals surface area contributed by atoms with Crippen LogP contribution in [0.5, 0.6) is 5.75 Å². The Morgan fingerprint density at radius 3 is 2.47 bits per heavy atom. The largest absolute Gasteiger partial charge is 0.497 e. The molecule has 0 saturated heterocycles. The topological polar surface area (TPSA) is 34.2 Å². The molecular weight excluding hydrogens is 212 g/mol. The molecule has 0 bridgehead atoms. The number of hydrogen-bond acceptors (Lipinski definition) is 3. The molecular formula is C14H18N2O. The van der Waals surface area contributed by atoms with Gasteiger partial charge < -0.3 is 10.1 Å². The van der Waals surface area contributed by atoms with Crippen molar-refractivity contribution < 1.29 is 4.74 Å². The van der Waals surface area contributed by atoms with Crippen LogP contribution < -0.4 is 10.1 Å². The number of anilines is 1. The zero-order valence-electron chi connectivity index (χ0n) is 11.0. The van der Waals surface area contributed by atoms with E-state index in [1.165, 1.54) is 5.56 Å². The number of ether oxygens (including phenoxy) is 1. The third kappa shape index (κ3) is 1.82. The molecule has 1 N–H and O–H groups in total. The Bertz CT molecular complexity index is 576. The number of nitrogens with zero attached hydrogens (tertiary/aromatic N) is 1. The van der Waals surface area contributed by atoms with Crippen LogP contribution in [0.3, 0.4) is 0 Å². The van der Waals surface area contributed by atoms with Crippen molar-refractivity contribution in [3.63, 3.8) is 0 Å². The van der Waals surface area contributed by atoms with Crippen LogP contribution >= 0.6 is 0 Å². The summed E-state index contributed by atoms with van der Waals surface area (Å²) in [6.07, 6.45) is 0. The van der Waals surface area contributed by atoms with Crippen molar-refractivity contribution in [3.8, 4) is 5.75 Å². The van der Waals surface area contributed by atoms with E-state index in [1.807, 2.05) is 26.1 Å². The summed E-state index contributed by atoms with van der Waals surface area (Å²) in [4.78, 5) is 4.66. The van der Waals surface area contributed by atoms with Gasteiger partial charge in [-0.1, -0.05) is 0 Å². The van der Waals surface area contributed by atoms with Crippen LogP contribution in [0.4, 0.5) is 5.69 Å². The van der Waals surface area contributed by atoms with Gasteiger partial charge in [0.1, 0.15) is 5.75 Å². The molecule has 90 valence electrons. The summed E-state index contributed by atoms with van der Waals surface area (Å²) in [6.45, 7) is 6.19. The lowest BCUT2D eigenvalue weighted by molar-refractivity contribution is 0.415. The van der Waals surface area contributed by atoms with Crippen molar-refractivity contribution >= 4 is 16.6 Å². The smallest absolute Gasteiger partial charge is 0.119 e. The van der Waals surface area contributed by atoms with Crippen LogP contribution in [0.25, 0.3) is 10.9 Å². The molecule has 0 atom stereocenters. The Balaban J connectivity index is 2.90. The van der Waals surface area contributed by atoms with Gasteiger partial charge in [-0.15, -0.1) is 0 Å². The summed E-state index contributed by atoms with van der Waals surface area (Å²) >= 11 is 0. The summed E-state index contributed by atoms with van der Waals surface area (Å²) in [5.41, 5.74) is 5.56. The van der Waals surface area contributed by atoms with E-state index in [-0.39, 0.29) is 0 Å². The normalized spacial score (nSPS) is 10.6. The molecule has 0 fully saturated rings. The lowest BCUT2D eigenvalue weighted by Gasteiger charge is -2.14. The Kier molecular flexibility index (Phi) is 2.92. The first-order valence-corrected chi connectivity index (χ1v) is 5.71. The second-order valence-corrected chi connectivity index (χ2v) is 4.29. The highest BCUT2D eigenvalue weighted by Gasteiger charge is 2.11. The minimum Gasteiger partial charge on any atom is -0.497 e. The average Bonchev–Trinajstić information content (AvgIpc) is 2.32. The highest BCUT2D eigenvalue weighted by atomic mass is 16.5. The SMILES string of the molecule is CNc1c(C)c(C)nc2c(C)cc(OC)cc12. The van der Waals surface area contributed by atoms with E-state index < -0.39 is 0 Å². The maximum Gasteiger partial charge on any atom is 0.119 e. The van der Waals surface area contributed by atoms with Crippen LogP contribution in [0.1, 0.15) is 16.8 Å². The van der Waals surface area contributed by atoms with E-state index in [1.54, 1.807) is 7.11 Å². The molecule has 1 aromatic carbocycles. The first-order valence-electron chi connectivity index (χ1n) is 5.71. The molecule has 1 aromatic heterocycles. The van der Waals surface area contributed by atoms with E-state index >= 15 is 0 Å². The minimum absolute atomic E-state index is 0.872. The molecule has 1 heterocycles. The quantitative estimate of drug-likeness (QED) is 0.860. The molecule has 3 heteroatoms. The van der Waals surface area contributed by atoms with Gasteiger partial charge in [0, 0.05) is 23.8 Å². The van der Waals surface area contributed by atoms with Gasteiger partial charge in [-0.2, -0.15) is 0 Å². The number of hydrogen-bond donors (Lipinski definition) is 1. The predicted octanol–water partition coefficient (Wildman–Crippen LogP) is 3.21. The third-order valence-electron chi connectivity index (χ3n) is 3.23. The van der Waals surface area contributed by atoms with Gasteiger partial charge in [0.05, 0.1) is 12.6 Å². The fourth-order valence-corrected chi connectivity index (χ4v) is 2.16. The van der Waals surface area contributed by atoms with Gasteiger partial charge >= 0.3 is 0 Å². The van der Waals surface area contributed by atoms with Gasteiger partial charge in [0.2, 0.25) is 0 Å². The Hall–Kier alpha value is -1.77. The molecule has 0 radical (unpaired) electrons. The number of aromatic nitrogens is 1. The number of rotatable bonds is 2. The lowest BCUT2D eigenvalue weighted by Crippen LogP contribution is -2.00. The fraction of sp³-hybridized carbons (Fsp3) is 0.357. The number of nitrogens with one attached hydrogen (secondary N) is 1. The number of aryl methyl sites for hydroxylation is 2. The lowest BCUT2D eigenvalue weighted by atomic mass is 10.0. The van der Waals surface area contributed by atoms with Crippen LogP contribution in [-0.4, -0.2) is 19.1 Å².